The summed E-state index contributed by atoms with van der Waals surface area (Å²) in [6.45, 7) is 4.99. The van der Waals surface area contributed by atoms with E-state index in [-0.39, 0.29) is 18.5 Å². The zero-order chi connectivity index (χ0) is 51.4. The maximum Gasteiger partial charge on any atom is 0.305 e. The number of carbonyl (C=O) groups is 2. The molecule has 0 aliphatic carbocycles. The molecule has 424 valence electrons. The summed E-state index contributed by atoms with van der Waals surface area (Å²) < 4.78 is 5.48. The van der Waals surface area contributed by atoms with Crippen molar-refractivity contribution in [3.05, 3.63) is 0 Å². The standard InChI is InChI=1S/C65H129NO5/c1-3-5-7-9-11-13-15-17-18-19-24-27-30-34-37-41-45-49-53-57-63(68)62(61-67)66-64(69)58-54-50-46-42-38-35-31-28-25-22-20-21-23-26-29-32-36-40-44-48-52-56-60-71-65(70)59-55-51-47-43-39-33-16-14-12-10-8-6-4-2/h62-63,67-68H,3-61H2,1-2H3,(H,66,69). The lowest BCUT2D eigenvalue weighted by atomic mass is 10.0. The van der Waals surface area contributed by atoms with Crippen LogP contribution in [0.5, 0.6) is 0 Å². The van der Waals surface area contributed by atoms with Crippen LogP contribution in [0.4, 0.5) is 0 Å². The second-order valence-corrected chi connectivity index (χ2v) is 22.8. The van der Waals surface area contributed by atoms with Gasteiger partial charge in [-0.1, -0.05) is 341 Å². The molecule has 6 nitrogen and oxygen atoms in total. The Balaban J connectivity index is 3.37. The van der Waals surface area contributed by atoms with E-state index < -0.39 is 12.1 Å². The minimum Gasteiger partial charge on any atom is -0.466 e. The monoisotopic (exact) mass is 1000 g/mol. The smallest absolute Gasteiger partial charge is 0.305 e. The summed E-state index contributed by atoms with van der Waals surface area (Å²) in [5.74, 6) is -0.0145. The number of esters is 1. The summed E-state index contributed by atoms with van der Waals surface area (Å²) in [7, 11) is 0. The van der Waals surface area contributed by atoms with Crippen LogP contribution in [0.2, 0.25) is 0 Å². The molecule has 0 heterocycles. The Kier molecular flexibility index (Phi) is 60.4. The first-order chi connectivity index (χ1) is 35.0. The van der Waals surface area contributed by atoms with Crippen LogP contribution in [0.3, 0.4) is 0 Å². The van der Waals surface area contributed by atoms with Crippen LogP contribution < -0.4 is 5.32 Å². The van der Waals surface area contributed by atoms with Crippen LogP contribution in [-0.2, 0) is 14.3 Å². The van der Waals surface area contributed by atoms with E-state index in [4.69, 9.17) is 4.74 Å². The van der Waals surface area contributed by atoms with E-state index in [0.29, 0.717) is 25.9 Å². The largest absolute Gasteiger partial charge is 0.466 e. The molecule has 3 N–H and O–H groups in total. The van der Waals surface area contributed by atoms with Gasteiger partial charge < -0.3 is 20.3 Å². The molecule has 71 heavy (non-hydrogen) atoms. The topological polar surface area (TPSA) is 95.9 Å². The van der Waals surface area contributed by atoms with Crippen molar-refractivity contribution >= 4 is 11.9 Å². The van der Waals surface area contributed by atoms with E-state index in [1.54, 1.807) is 0 Å². The Morgan fingerprint density at radius 3 is 0.859 bits per heavy atom. The normalized spacial score (nSPS) is 12.5. The highest BCUT2D eigenvalue weighted by Gasteiger charge is 2.20. The Morgan fingerprint density at radius 1 is 0.338 bits per heavy atom. The van der Waals surface area contributed by atoms with Gasteiger partial charge in [0.25, 0.3) is 0 Å². The molecule has 2 atom stereocenters. The van der Waals surface area contributed by atoms with Gasteiger partial charge in [-0.05, 0) is 25.7 Å². The third-order valence-corrected chi connectivity index (χ3v) is 15.7. The average molecular weight is 1000 g/mol. The predicted molar refractivity (Wildman–Crippen MR) is 310 cm³/mol. The van der Waals surface area contributed by atoms with Crippen molar-refractivity contribution < 1.29 is 24.5 Å². The molecule has 2 unspecified atom stereocenters. The number of hydrogen-bond acceptors (Lipinski definition) is 5. The molecule has 0 rings (SSSR count). The van der Waals surface area contributed by atoms with E-state index >= 15 is 0 Å². The molecule has 0 aromatic carbocycles. The molecule has 0 spiro atoms. The lowest BCUT2D eigenvalue weighted by Gasteiger charge is -2.22. The fraction of sp³-hybridized carbons (Fsp3) is 0.969. The average Bonchev–Trinajstić information content (AvgIpc) is 3.37. The van der Waals surface area contributed by atoms with Gasteiger partial charge >= 0.3 is 5.97 Å². The number of hydrogen-bond donors (Lipinski definition) is 3. The van der Waals surface area contributed by atoms with Gasteiger partial charge in [0.15, 0.2) is 0 Å². The molecule has 0 bridgehead atoms. The molecule has 0 fully saturated rings. The quantitative estimate of drug-likeness (QED) is 0.0417. The number of ether oxygens (including phenoxy) is 1. The van der Waals surface area contributed by atoms with Crippen LogP contribution in [0, 0.1) is 0 Å². The van der Waals surface area contributed by atoms with Gasteiger partial charge in [0, 0.05) is 12.8 Å². The lowest BCUT2D eigenvalue weighted by molar-refractivity contribution is -0.143. The molecular formula is C65H129NO5. The van der Waals surface area contributed by atoms with E-state index in [9.17, 15) is 19.8 Å². The molecule has 0 aromatic rings. The molecule has 0 saturated carbocycles. The Bertz CT molecular complexity index is 1020. The number of aliphatic hydroxyl groups is 2. The first-order valence-electron chi connectivity index (χ1n) is 32.8. The van der Waals surface area contributed by atoms with Crippen LogP contribution in [0.1, 0.15) is 380 Å². The third-order valence-electron chi connectivity index (χ3n) is 15.7. The fourth-order valence-electron chi connectivity index (χ4n) is 10.6. The molecule has 0 aliphatic rings. The molecule has 0 radical (unpaired) electrons. The number of unbranched alkanes of at least 4 members (excludes halogenated alkanes) is 51. The Hall–Kier alpha value is -1.14. The lowest BCUT2D eigenvalue weighted by Crippen LogP contribution is -2.45. The maximum atomic E-state index is 12.5. The number of amides is 1. The van der Waals surface area contributed by atoms with Gasteiger partial charge in [-0.25, -0.2) is 0 Å². The van der Waals surface area contributed by atoms with Crippen molar-refractivity contribution in [1.29, 1.82) is 0 Å². The molecule has 0 saturated heterocycles. The number of aliphatic hydroxyl groups excluding tert-OH is 2. The maximum absolute atomic E-state index is 12.5. The predicted octanol–water partition coefficient (Wildman–Crippen LogP) is 20.6. The fourth-order valence-corrected chi connectivity index (χ4v) is 10.6. The minimum absolute atomic E-state index is 0.0161. The van der Waals surface area contributed by atoms with Crippen molar-refractivity contribution in [2.75, 3.05) is 13.2 Å². The van der Waals surface area contributed by atoms with E-state index in [1.165, 1.54) is 308 Å². The second kappa shape index (κ2) is 61.4. The summed E-state index contributed by atoms with van der Waals surface area (Å²) >= 11 is 0. The van der Waals surface area contributed by atoms with Crippen molar-refractivity contribution in [2.24, 2.45) is 0 Å². The summed E-state index contributed by atoms with van der Waals surface area (Å²) in [6, 6.07) is -0.541. The third kappa shape index (κ3) is 58.0. The molecule has 0 aromatic heterocycles. The van der Waals surface area contributed by atoms with Crippen molar-refractivity contribution in [3.63, 3.8) is 0 Å². The first-order valence-corrected chi connectivity index (χ1v) is 32.8. The van der Waals surface area contributed by atoms with Gasteiger partial charge in [0.2, 0.25) is 5.91 Å². The van der Waals surface area contributed by atoms with E-state index in [0.717, 1.165) is 38.5 Å². The molecule has 6 heteroatoms. The van der Waals surface area contributed by atoms with Gasteiger partial charge in [-0.3, -0.25) is 9.59 Å². The van der Waals surface area contributed by atoms with Gasteiger partial charge in [-0.15, -0.1) is 0 Å². The van der Waals surface area contributed by atoms with Crippen molar-refractivity contribution in [1.82, 2.24) is 5.32 Å². The van der Waals surface area contributed by atoms with Gasteiger partial charge in [0.1, 0.15) is 0 Å². The van der Waals surface area contributed by atoms with Gasteiger partial charge in [-0.2, -0.15) is 0 Å². The number of rotatable bonds is 62. The van der Waals surface area contributed by atoms with Crippen LogP contribution in [0.25, 0.3) is 0 Å². The van der Waals surface area contributed by atoms with E-state index in [1.807, 2.05) is 0 Å². The van der Waals surface area contributed by atoms with Crippen LogP contribution in [-0.4, -0.2) is 47.4 Å². The molecule has 1 amide bonds. The number of carbonyl (C=O) groups excluding carboxylic acids is 2. The van der Waals surface area contributed by atoms with Crippen LogP contribution in [0.15, 0.2) is 0 Å². The highest BCUT2D eigenvalue weighted by atomic mass is 16.5. The zero-order valence-corrected chi connectivity index (χ0v) is 48.5. The Labute approximate surface area is 445 Å². The number of nitrogens with one attached hydrogen (secondary N) is 1. The van der Waals surface area contributed by atoms with Gasteiger partial charge in [0.05, 0.1) is 25.4 Å². The highest BCUT2D eigenvalue weighted by Crippen LogP contribution is 2.19. The summed E-state index contributed by atoms with van der Waals surface area (Å²) in [5.41, 5.74) is 0. The van der Waals surface area contributed by atoms with E-state index in [2.05, 4.69) is 19.2 Å². The van der Waals surface area contributed by atoms with Crippen LogP contribution >= 0.6 is 0 Å². The second-order valence-electron chi connectivity index (χ2n) is 22.8. The molecular weight excluding hydrogens is 875 g/mol. The summed E-state index contributed by atoms with van der Waals surface area (Å²) in [6.07, 6.45) is 72.6. The highest BCUT2D eigenvalue weighted by molar-refractivity contribution is 5.76. The Morgan fingerprint density at radius 2 is 0.577 bits per heavy atom. The minimum atomic E-state index is -0.664. The molecule has 0 aliphatic heterocycles. The van der Waals surface area contributed by atoms with Crippen molar-refractivity contribution in [3.8, 4) is 0 Å². The summed E-state index contributed by atoms with van der Waals surface area (Å²) in [4.78, 5) is 24.6. The van der Waals surface area contributed by atoms with Crippen molar-refractivity contribution in [2.45, 2.75) is 392 Å². The first kappa shape index (κ1) is 69.9. The summed E-state index contributed by atoms with van der Waals surface area (Å²) in [5, 5.41) is 23.4. The zero-order valence-electron chi connectivity index (χ0n) is 48.5. The SMILES string of the molecule is CCCCCCCCCCCCCCCCCCCCCC(O)C(CO)NC(=O)CCCCCCCCCCCCCCCCCCCCCCCCOC(=O)CCCCCCCCCCCCCCC.